The average molecular weight is 350 g/mol. The zero-order chi connectivity index (χ0) is 17.2. The van der Waals surface area contributed by atoms with Gasteiger partial charge in [0, 0.05) is 29.7 Å². The molecule has 0 aliphatic heterocycles. The SMILES string of the molecule is CN(Cc1nc(-c2ccncc2)no1)C(=O)c1cc2ccccc2s1. The van der Waals surface area contributed by atoms with Crippen molar-refractivity contribution in [3.8, 4) is 11.4 Å². The number of pyridine rings is 1. The quantitative estimate of drug-likeness (QED) is 0.562. The topological polar surface area (TPSA) is 72.1 Å². The fourth-order valence-electron chi connectivity index (χ4n) is 2.49. The maximum absolute atomic E-state index is 12.6. The summed E-state index contributed by atoms with van der Waals surface area (Å²) < 4.78 is 6.36. The van der Waals surface area contributed by atoms with Crippen molar-refractivity contribution in [1.82, 2.24) is 20.0 Å². The highest BCUT2D eigenvalue weighted by Gasteiger charge is 2.18. The third kappa shape index (κ3) is 3.14. The maximum atomic E-state index is 12.6. The van der Waals surface area contributed by atoms with E-state index in [2.05, 4.69) is 15.1 Å². The van der Waals surface area contributed by atoms with Crippen molar-refractivity contribution >= 4 is 27.3 Å². The van der Waals surface area contributed by atoms with Crippen LogP contribution < -0.4 is 0 Å². The molecule has 0 aliphatic rings. The van der Waals surface area contributed by atoms with Crippen LogP contribution in [0.5, 0.6) is 0 Å². The smallest absolute Gasteiger partial charge is 0.264 e. The van der Waals surface area contributed by atoms with E-state index in [9.17, 15) is 4.79 Å². The van der Waals surface area contributed by atoms with Gasteiger partial charge in [-0.1, -0.05) is 23.4 Å². The molecule has 3 heterocycles. The number of benzene rings is 1. The van der Waals surface area contributed by atoms with Crippen LogP contribution in [0, 0.1) is 0 Å². The summed E-state index contributed by atoms with van der Waals surface area (Å²) in [5, 5.41) is 5.03. The van der Waals surface area contributed by atoms with E-state index in [-0.39, 0.29) is 12.5 Å². The van der Waals surface area contributed by atoms with Gasteiger partial charge < -0.3 is 9.42 Å². The summed E-state index contributed by atoms with van der Waals surface area (Å²) in [5.74, 6) is 0.814. The zero-order valence-electron chi connectivity index (χ0n) is 13.4. The Hall–Kier alpha value is -3.06. The molecule has 0 spiro atoms. The van der Waals surface area contributed by atoms with E-state index in [4.69, 9.17) is 4.52 Å². The van der Waals surface area contributed by atoms with Crippen molar-refractivity contribution in [3.05, 3.63) is 65.6 Å². The molecule has 0 saturated carbocycles. The second kappa shape index (κ2) is 6.45. The van der Waals surface area contributed by atoms with Crippen molar-refractivity contribution in [2.24, 2.45) is 0 Å². The van der Waals surface area contributed by atoms with Crippen LogP contribution in [-0.4, -0.2) is 33.0 Å². The molecular formula is C18H14N4O2S. The highest BCUT2D eigenvalue weighted by molar-refractivity contribution is 7.20. The van der Waals surface area contributed by atoms with Crippen LogP contribution in [0.15, 0.2) is 59.4 Å². The van der Waals surface area contributed by atoms with Crippen LogP contribution in [0.25, 0.3) is 21.5 Å². The molecule has 4 rings (SSSR count). The van der Waals surface area contributed by atoms with Crippen LogP contribution in [0.2, 0.25) is 0 Å². The van der Waals surface area contributed by atoms with Crippen LogP contribution in [0.3, 0.4) is 0 Å². The molecule has 0 saturated heterocycles. The molecule has 0 aliphatic carbocycles. The lowest BCUT2D eigenvalue weighted by molar-refractivity contribution is 0.0774. The van der Waals surface area contributed by atoms with E-state index >= 15 is 0 Å². The second-order valence-corrected chi connectivity index (χ2v) is 6.64. The van der Waals surface area contributed by atoms with Gasteiger partial charge in [-0.25, -0.2) is 0 Å². The van der Waals surface area contributed by atoms with Crippen molar-refractivity contribution in [2.45, 2.75) is 6.54 Å². The maximum Gasteiger partial charge on any atom is 0.264 e. The van der Waals surface area contributed by atoms with Crippen LogP contribution in [-0.2, 0) is 6.54 Å². The van der Waals surface area contributed by atoms with Gasteiger partial charge in [0.15, 0.2) is 0 Å². The lowest BCUT2D eigenvalue weighted by atomic mass is 10.2. The van der Waals surface area contributed by atoms with Crippen molar-refractivity contribution in [2.75, 3.05) is 7.05 Å². The second-order valence-electron chi connectivity index (χ2n) is 5.56. The number of nitrogens with zero attached hydrogens (tertiary/aromatic N) is 4. The third-order valence-corrected chi connectivity index (χ3v) is 4.87. The lowest BCUT2D eigenvalue weighted by Gasteiger charge is -2.13. The number of fused-ring (bicyclic) bond motifs is 1. The Balaban J connectivity index is 1.50. The number of carbonyl (C=O) groups excluding carboxylic acids is 1. The highest BCUT2D eigenvalue weighted by Crippen LogP contribution is 2.26. The molecule has 0 fully saturated rings. The first kappa shape index (κ1) is 15.5. The highest BCUT2D eigenvalue weighted by atomic mass is 32.1. The summed E-state index contributed by atoms with van der Waals surface area (Å²) in [6, 6.07) is 13.5. The monoisotopic (exact) mass is 350 g/mol. The minimum absolute atomic E-state index is 0.0649. The summed E-state index contributed by atoms with van der Waals surface area (Å²) in [6.07, 6.45) is 3.34. The van der Waals surface area contributed by atoms with Gasteiger partial charge in [0.25, 0.3) is 5.91 Å². The largest absolute Gasteiger partial charge is 0.337 e. The van der Waals surface area contributed by atoms with Crippen molar-refractivity contribution in [1.29, 1.82) is 0 Å². The summed E-state index contributed by atoms with van der Waals surface area (Å²) in [4.78, 5) is 23.2. The third-order valence-electron chi connectivity index (χ3n) is 3.76. The van der Waals surface area contributed by atoms with E-state index in [0.717, 1.165) is 15.6 Å². The number of hydrogen-bond acceptors (Lipinski definition) is 6. The van der Waals surface area contributed by atoms with E-state index in [1.54, 1.807) is 36.5 Å². The van der Waals surface area contributed by atoms with Crippen molar-refractivity contribution in [3.63, 3.8) is 0 Å². The minimum Gasteiger partial charge on any atom is -0.337 e. The molecule has 1 aromatic carbocycles. The number of rotatable bonds is 4. The summed E-state index contributed by atoms with van der Waals surface area (Å²) in [7, 11) is 1.73. The van der Waals surface area contributed by atoms with Crippen LogP contribution in [0.4, 0.5) is 0 Å². The van der Waals surface area contributed by atoms with Crippen molar-refractivity contribution < 1.29 is 9.32 Å². The van der Waals surface area contributed by atoms with Gasteiger partial charge in [0.1, 0.15) is 6.54 Å². The normalized spacial score (nSPS) is 10.9. The van der Waals surface area contributed by atoms with E-state index in [1.165, 1.54) is 11.3 Å². The number of amides is 1. The number of thiophene rings is 1. The summed E-state index contributed by atoms with van der Waals surface area (Å²) >= 11 is 1.48. The molecule has 7 heteroatoms. The molecule has 124 valence electrons. The Bertz CT molecular complexity index is 993. The van der Waals surface area contributed by atoms with Gasteiger partial charge in [-0.05, 0) is 29.7 Å². The molecule has 0 atom stereocenters. The molecule has 3 aromatic heterocycles. The molecule has 25 heavy (non-hydrogen) atoms. The molecular weight excluding hydrogens is 336 g/mol. The van der Waals surface area contributed by atoms with Gasteiger partial charge in [-0.15, -0.1) is 11.3 Å². The Kier molecular flexibility index (Phi) is 3.99. The first-order chi connectivity index (χ1) is 12.2. The molecule has 0 bridgehead atoms. The first-order valence-corrected chi connectivity index (χ1v) is 8.49. The Morgan fingerprint density at radius 1 is 1.20 bits per heavy atom. The summed E-state index contributed by atoms with van der Waals surface area (Å²) in [6.45, 7) is 0.255. The predicted molar refractivity (Wildman–Crippen MR) is 95.2 cm³/mol. The fraction of sp³-hybridized carbons (Fsp3) is 0.111. The Morgan fingerprint density at radius 2 is 2.00 bits per heavy atom. The van der Waals surface area contributed by atoms with Gasteiger partial charge in [0.05, 0.1) is 4.88 Å². The Morgan fingerprint density at radius 3 is 2.80 bits per heavy atom. The zero-order valence-corrected chi connectivity index (χ0v) is 14.2. The summed E-state index contributed by atoms with van der Waals surface area (Å²) in [5.41, 5.74) is 0.823. The average Bonchev–Trinajstić information content (AvgIpc) is 3.28. The molecule has 1 amide bonds. The van der Waals surface area contributed by atoms with Gasteiger partial charge in [-0.2, -0.15) is 4.98 Å². The van der Waals surface area contributed by atoms with Gasteiger partial charge >= 0.3 is 0 Å². The first-order valence-electron chi connectivity index (χ1n) is 7.68. The standard InChI is InChI=1S/C18H14N4O2S/c1-22(18(23)15-10-13-4-2-3-5-14(13)25-15)11-16-20-17(21-24-16)12-6-8-19-9-7-12/h2-10H,11H2,1H3. The molecule has 0 radical (unpaired) electrons. The number of carbonyl (C=O) groups is 1. The number of aromatic nitrogens is 3. The number of hydrogen-bond donors (Lipinski definition) is 0. The molecule has 6 nitrogen and oxygen atoms in total. The van der Waals surface area contributed by atoms with Crippen LogP contribution >= 0.6 is 11.3 Å². The van der Waals surface area contributed by atoms with E-state index < -0.39 is 0 Å². The minimum atomic E-state index is -0.0649. The van der Waals surface area contributed by atoms with Gasteiger partial charge in [-0.3, -0.25) is 9.78 Å². The van der Waals surface area contributed by atoms with E-state index in [0.29, 0.717) is 16.6 Å². The van der Waals surface area contributed by atoms with Crippen LogP contribution in [0.1, 0.15) is 15.6 Å². The predicted octanol–water partition coefficient (Wildman–Crippen LogP) is 3.62. The fourth-order valence-corrected chi connectivity index (χ4v) is 3.54. The van der Waals surface area contributed by atoms with E-state index in [1.807, 2.05) is 30.3 Å². The van der Waals surface area contributed by atoms with Gasteiger partial charge in [0.2, 0.25) is 11.7 Å². The Labute approximate surface area is 147 Å². The lowest BCUT2D eigenvalue weighted by Crippen LogP contribution is -2.25. The molecule has 0 unspecified atom stereocenters. The molecule has 4 aromatic rings. The molecule has 0 N–H and O–H groups in total.